The molecule has 0 saturated carbocycles. The summed E-state index contributed by atoms with van der Waals surface area (Å²) in [6.07, 6.45) is 1.41. The monoisotopic (exact) mass is 443 g/mol. The van der Waals surface area contributed by atoms with Crippen molar-refractivity contribution in [1.82, 2.24) is 5.32 Å². The smallest absolute Gasteiger partial charge is 0.291 e. The molecule has 8 nitrogen and oxygen atoms in total. The molecule has 0 radical (unpaired) electrons. The van der Waals surface area contributed by atoms with Crippen molar-refractivity contribution in [3.8, 4) is 0 Å². The molecule has 0 aliphatic rings. The molecule has 2 N–H and O–H groups in total. The number of nitro benzene ring substituents is 1. The lowest BCUT2D eigenvalue weighted by Crippen LogP contribution is -2.23. The minimum Gasteiger partial charge on any atom is -0.459 e. The minimum atomic E-state index is -0.563. The van der Waals surface area contributed by atoms with Crippen LogP contribution in [-0.2, 0) is 6.54 Å². The van der Waals surface area contributed by atoms with Crippen LogP contribution in [0.5, 0.6) is 0 Å². The van der Waals surface area contributed by atoms with Gasteiger partial charge < -0.3 is 15.1 Å². The number of hydrogen-bond donors (Lipinski definition) is 2. The molecule has 9 heteroatoms. The van der Waals surface area contributed by atoms with E-state index in [1.165, 1.54) is 24.5 Å². The van der Waals surface area contributed by atoms with E-state index in [1.54, 1.807) is 36.4 Å². The Morgan fingerprint density at radius 1 is 1.07 bits per heavy atom. The van der Waals surface area contributed by atoms with E-state index in [2.05, 4.69) is 26.6 Å². The van der Waals surface area contributed by atoms with Gasteiger partial charge in [-0.1, -0.05) is 12.1 Å². The SMILES string of the molecule is O=C(NCc1cccc(NC(=O)c2ccco2)c1)c1ccc(Br)c([N+](=O)[O-])c1. The topological polar surface area (TPSA) is 114 Å². The molecular weight excluding hydrogens is 430 g/mol. The highest BCUT2D eigenvalue weighted by Gasteiger charge is 2.16. The van der Waals surface area contributed by atoms with E-state index in [9.17, 15) is 19.7 Å². The van der Waals surface area contributed by atoms with E-state index < -0.39 is 10.8 Å². The molecule has 0 aliphatic heterocycles. The van der Waals surface area contributed by atoms with Gasteiger partial charge in [0.2, 0.25) is 0 Å². The molecule has 2 amide bonds. The fourth-order valence-electron chi connectivity index (χ4n) is 2.44. The number of carbonyl (C=O) groups is 2. The average Bonchev–Trinajstić information content (AvgIpc) is 3.21. The average molecular weight is 444 g/mol. The molecular formula is C19H14BrN3O5. The van der Waals surface area contributed by atoms with Crippen molar-refractivity contribution in [2.75, 3.05) is 5.32 Å². The second-order valence-corrected chi connectivity index (χ2v) is 6.59. The van der Waals surface area contributed by atoms with Crippen LogP contribution in [0.4, 0.5) is 11.4 Å². The predicted octanol–water partition coefficient (Wildman–Crippen LogP) is 4.13. The fraction of sp³-hybridized carbons (Fsp3) is 0.0526. The number of benzene rings is 2. The number of nitro groups is 1. The van der Waals surface area contributed by atoms with E-state index in [-0.39, 0.29) is 29.5 Å². The van der Waals surface area contributed by atoms with Crippen molar-refractivity contribution in [1.29, 1.82) is 0 Å². The van der Waals surface area contributed by atoms with Crippen LogP contribution < -0.4 is 10.6 Å². The summed E-state index contributed by atoms with van der Waals surface area (Å²) in [6, 6.07) is 14.3. The zero-order valence-electron chi connectivity index (χ0n) is 14.3. The van der Waals surface area contributed by atoms with Gasteiger partial charge in [-0.3, -0.25) is 19.7 Å². The van der Waals surface area contributed by atoms with E-state index in [0.29, 0.717) is 10.2 Å². The van der Waals surface area contributed by atoms with Crippen molar-refractivity contribution < 1.29 is 18.9 Å². The third-order valence-electron chi connectivity index (χ3n) is 3.79. The molecule has 3 aromatic rings. The van der Waals surface area contributed by atoms with Gasteiger partial charge in [-0.15, -0.1) is 0 Å². The molecule has 142 valence electrons. The maximum atomic E-state index is 12.3. The third-order valence-corrected chi connectivity index (χ3v) is 4.46. The molecule has 0 bridgehead atoms. The molecule has 0 atom stereocenters. The highest BCUT2D eigenvalue weighted by molar-refractivity contribution is 9.10. The van der Waals surface area contributed by atoms with Gasteiger partial charge in [-0.25, -0.2) is 0 Å². The summed E-state index contributed by atoms with van der Waals surface area (Å²) < 4.78 is 5.34. The van der Waals surface area contributed by atoms with Gasteiger partial charge in [-0.05, 0) is 57.9 Å². The number of carbonyl (C=O) groups excluding carboxylic acids is 2. The lowest BCUT2D eigenvalue weighted by atomic mass is 10.1. The summed E-state index contributed by atoms with van der Waals surface area (Å²) in [5.41, 5.74) is 1.29. The Labute approximate surface area is 167 Å². The molecule has 2 aromatic carbocycles. The summed E-state index contributed by atoms with van der Waals surface area (Å²) in [7, 11) is 0. The van der Waals surface area contributed by atoms with E-state index >= 15 is 0 Å². The molecule has 0 fully saturated rings. The van der Waals surface area contributed by atoms with Gasteiger partial charge in [0, 0.05) is 23.9 Å². The minimum absolute atomic E-state index is 0.178. The van der Waals surface area contributed by atoms with E-state index in [4.69, 9.17) is 4.42 Å². The van der Waals surface area contributed by atoms with Gasteiger partial charge >= 0.3 is 0 Å². The Bertz CT molecular complexity index is 1030. The van der Waals surface area contributed by atoms with E-state index in [1.807, 2.05) is 0 Å². The number of anilines is 1. The summed E-state index contributed by atoms with van der Waals surface area (Å²) in [4.78, 5) is 34.7. The lowest BCUT2D eigenvalue weighted by molar-refractivity contribution is -0.385. The maximum absolute atomic E-state index is 12.3. The van der Waals surface area contributed by atoms with Crippen molar-refractivity contribution in [3.63, 3.8) is 0 Å². The van der Waals surface area contributed by atoms with Gasteiger partial charge in [0.15, 0.2) is 5.76 Å². The first kappa shape index (κ1) is 19.3. The fourth-order valence-corrected chi connectivity index (χ4v) is 2.83. The van der Waals surface area contributed by atoms with Crippen LogP contribution in [0, 0.1) is 10.1 Å². The lowest BCUT2D eigenvalue weighted by Gasteiger charge is -2.08. The second-order valence-electron chi connectivity index (χ2n) is 5.74. The quantitative estimate of drug-likeness (QED) is 0.438. The number of nitrogens with zero attached hydrogens (tertiary/aromatic N) is 1. The summed E-state index contributed by atoms with van der Waals surface area (Å²) in [6.45, 7) is 0.188. The zero-order chi connectivity index (χ0) is 20.1. The molecule has 0 unspecified atom stereocenters. The number of halogens is 1. The van der Waals surface area contributed by atoms with Gasteiger partial charge in [-0.2, -0.15) is 0 Å². The van der Waals surface area contributed by atoms with Crippen LogP contribution in [0.1, 0.15) is 26.5 Å². The molecule has 1 aromatic heterocycles. The predicted molar refractivity (Wildman–Crippen MR) is 105 cm³/mol. The second kappa shape index (κ2) is 8.49. The Hall–Kier alpha value is -3.46. The molecule has 0 aliphatic carbocycles. The van der Waals surface area contributed by atoms with Gasteiger partial charge in [0.25, 0.3) is 17.5 Å². The van der Waals surface area contributed by atoms with Crippen LogP contribution in [0.3, 0.4) is 0 Å². The molecule has 3 rings (SSSR count). The van der Waals surface area contributed by atoms with Crippen molar-refractivity contribution in [2.45, 2.75) is 6.54 Å². The van der Waals surface area contributed by atoms with E-state index in [0.717, 1.165) is 5.56 Å². The Morgan fingerprint density at radius 2 is 1.89 bits per heavy atom. The van der Waals surface area contributed by atoms with Gasteiger partial charge in [0.1, 0.15) is 0 Å². The largest absolute Gasteiger partial charge is 0.459 e. The molecule has 0 spiro atoms. The standard InChI is InChI=1S/C19H14BrN3O5/c20-15-7-6-13(10-16(15)23(26)27)18(24)21-11-12-3-1-4-14(9-12)22-19(25)17-5-2-8-28-17/h1-10H,11H2,(H,21,24)(H,22,25). The molecule has 0 saturated heterocycles. The van der Waals surface area contributed by atoms with Crippen molar-refractivity contribution in [3.05, 3.63) is 92.3 Å². The number of rotatable bonds is 6. The number of amides is 2. The van der Waals surface area contributed by atoms with Crippen molar-refractivity contribution >= 4 is 39.1 Å². The summed E-state index contributed by atoms with van der Waals surface area (Å²) in [5, 5.41) is 16.4. The van der Waals surface area contributed by atoms with Crippen LogP contribution in [0.2, 0.25) is 0 Å². The Morgan fingerprint density at radius 3 is 2.61 bits per heavy atom. The highest BCUT2D eigenvalue weighted by atomic mass is 79.9. The first-order chi connectivity index (χ1) is 13.4. The number of hydrogen-bond acceptors (Lipinski definition) is 5. The van der Waals surface area contributed by atoms with Crippen LogP contribution in [0.25, 0.3) is 0 Å². The number of nitrogens with one attached hydrogen (secondary N) is 2. The first-order valence-electron chi connectivity index (χ1n) is 8.10. The van der Waals surface area contributed by atoms with Crippen molar-refractivity contribution in [2.24, 2.45) is 0 Å². The molecule has 1 heterocycles. The van der Waals surface area contributed by atoms with Crippen LogP contribution in [0.15, 0.2) is 69.8 Å². The molecule has 28 heavy (non-hydrogen) atoms. The van der Waals surface area contributed by atoms with Crippen LogP contribution >= 0.6 is 15.9 Å². The maximum Gasteiger partial charge on any atom is 0.291 e. The zero-order valence-corrected chi connectivity index (χ0v) is 15.9. The highest BCUT2D eigenvalue weighted by Crippen LogP contribution is 2.25. The Balaban J connectivity index is 1.65. The summed E-state index contributed by atoms with van der Waals surface area (Å²) >= 11 is 3.08. The normalized spacial score (nSPS) is 10.3. The number of furan rings is 1. The summed E-state index contributed by atoms with van der Waals surface area (Å²) in [5.74, 6) is -0.635. The first-order valence-corrected chi connectivity index (χ1v) is 8.89. The third kappa shape index (κ3) is 4.63. The van der Waals surface area contributed by atoms with Gasteiger partial charge in [0.05, 0.1) is 15.7 Å². The van der Waals surface area contributed by atoms with Crippen LogP contribution in [-0.4, -0.2) is 16.7 Å². The Kier molecular flexibility index (Phi) is 5.85.